The van der Waals surface area contributed by atoms with Gasteiger partial charge in [-0.1, -0.05) is 0 Å². The van der Waals surface area contributed by atoms with Gasteiger partial charge in [0, 0.05) is 19.1 Å². The topological polar surface area (TPSA) is 50.8 Å². The minimum absolute atomic E-state index is 0.212. The van der Waals surface area contributed by atoms with Crippen molar-refractivity contribution < 1.29 is 14.3 Å². The lowest BCUT2D eigenvalue weighted by Crippen LogP contribution is -2.55. The van der Waals surface area contributed by atoms with Crippen LogP contribution in [0.15, 0.2) is 0 Å². The molecule has 5 nitrogen and oxygen atoms in total. The molecule has 1 aliphatic rings. The SMILES string of the molecule is CNC(C)(CC(C)N1CC(C)OC(C)C1)C(=O)OC. The number of methoxy groups -OCH3 is 1. The number of hydrogen-bond donors (Lipinski definition) is 1. The summed E-state index contributed by atoms with van der Waals surface area (Å²) >= 11 is 0. The zero-order valence-corrected chi connectivity index (χ0v) is 13.0. The Morgan fingerprint density at radius 3 is 2.42 bits per heavy atom. The van der Waals surface area contributed by atoms with E-state index in [0.29, 0.717) is 6.04 Å². The molecule has 1 saturated heterocycles. The van der Waals surface area contributed by atoms with Gasteiger partial charge in [0.25, 0.3) is 0 Å². The van der Waals surface area contributed by atoms with Crippen LogP contribution < -0.4 is 5.32 Å². The number of esters is 1. The number of nitrogens with zero attached hydrogens (tertiary/aromatic N) is 1. The van der Waals surface area contributed by atoms with Crippen molar-refractivity contribution >= 4 is 5.97 Å². The Labute approximate surface area is 116 Å². The van der Waals surface area contributed by atoms with E-state index in [9.17, 15) is 4.79 Å². The molecule has 1 aliphatic heterocycles. The Hall–Kier alpha value is -0.650. The Morgan fingerprint density at radius 1 is 1.47 bits per heavy atom. The lowest BCUT2D eigenvalue weighted by atomic mass is 9.92. The first-order valence-electron chi connectivity index (χ1n) is 6.99. The fourth-order valence-electron chi connectivity index (χ4n) is 2.81. The third-order valence-electron chi connectivity index (χ3n) is 3.96. The third kappa shape index (κ3) is 4.16. The summed E-state index contributed by atoms with van der Waals surface area (Å²) in [7, 11) is 3.23. The van der Waals surface area contributed by atoms with Gasteiger partial charge >= 0.3 is 5.97 Å². The van der Waals surface area contributed by atoms with E-state index in [0.717, 1.165) is 19.5 Å². The van der Waals surface area contributed by atoms with Gasteiger partial charge in [0.15, 0.2) is 0 Å². The molecular formula is C14H28N2O3. The van der Waals surface area contributed by atoms with Crippen LogP contribution in [-0.2, 0) is 14.3 Å². The molecule has 0 aliphatic carbocycles. The minimum atomic E-state index is -0.640. The highest BCUT2D eigenvalue weighted by molar-refractivity contribution is 5.80. The van der Waals surface area contributed by atoms with Crippen LogP contribution in [0, 0.1) is 0 Å². The normalized spacial score (nSPS) is 29.6. The maximum atomic E-state index is 11.9. The molecule has 19 heavy (non-hydrogen) atoms. The first-order valence-corrected chi connectivity index (χ1v) is 6.99. The number of rotatable bonds is 5. The Bertz CT molecular complexity index is 301. The third-order valence-corrected chi connectivity index (χ3v) is 3.96. The molecule has 0 aromatic rings. The number of carbonyl (C=O) groups is 1. The second kappa shape index (κ2) is 6.68. The van der Waals surface area contributed by atoms with Crippen LogP contribution in [0.2, 0.25) is 0 Å². The molecule has 0 amide bonds. The van der Waals surface area contributed by atoms with Gasteiger partial charge in [0.05, 0.1) is 19.3 Å². The van der Waals surface area contributed by atoms with E-state index in [4.69, 9.17) is 9.47 Å². The van der Waals surface area contributed by atoms with Crippen molar-refractivity contribution in [3.05, 3.63) is 0 Å². The maximum absolute atomic E-state index is 11.9. The quantitative estimate of drug-likeness (QED) is 0.758. The summed E-state index contributed by atoms with van der Waals surface area (Å²) in [6.07, 6.45) is 1.20. The van der Waals surface area contributed by atoms with Crippen LogP contribution in [0.1, 0.15) is 34.1 Å². The summed E-state index contributed by atoms with van der Waals surface area (Å²) in [6, 6.07) is 0.297. The van der Waals surface area contributed by atoms with Gasteiger partial charge in [-0.25, -0.2) is 0 Å². The Kier molecular flexibility index (Phi) is 5.77. The van der Waals surface area contributed by atoms with Gasteiger partial charge in [-0.15, -0.1) is 0 Å². The molecule has 0 bridgehead atoms. The summed E-state index contributed by atoms with van der Waals surface area (Å²) in [4.78, 5) is 14.3. The number of morpholine rings is 1. The van der Waals surface area contributed by atoms with E-state index in [1.807, 2.05) is 6.92 Å². The van der Waals surface area contributed by atoms with Crippen LogP contribution >= 0.6 is 0 Å². The molecular weight excluding hydrogens is 244 g/mol. The summed E-state index contributed by atoms with van der Waals surface area (Å²) in [6.45, 7) is 10.0. The molecule has 4 unspecified atom stereocenters. The number of hydrogen-bond acceptors (Lipinski definition) is 5. The lowest BCUT2D eigenvalue weighted by Gasteiger charge is -2.41. The number of nitrogens with one attached hydrogen (secondary N) is 1. The van der Waals surface area contributed by atoms with Crippen molar-refractivity contribution in [3.63, 3.8) is 0 Å². The van der Waals surface area contributed by atoms with E-state index in [2.05, 4.69) is 31.0 Å². The van der Waals surface area contributed by atoms with Crippen molar-refractivity contribution in [2.24, 2.45) is 0 Å². The number of likely N-dealkylation sites (N-methyl/N-ethyl adjacent to an activating group) is 1. The minimum Gasteiger partial charge on any atom is -0.468 e. The first-order chi connectivity index (χ1) is 8.82. The Balaban J connectivity index is 2.66. The van der Waals surface area contributed by atoms with Gasteiger partial charge in [-0.05, 0) is 41.2 Å². The van der Waals surface area contributed by atoms with E-state index in [-0.39, 0.29) is 18.2 Å². The molecule has 4 atom stereocenters. The van der Waals surface area contributed by atoms with E-state index in [1.54, 1.807) is 7.05 Å². The molecule has 0 radical (unpaired) electrons. The molecule has 0 aromatic heterocycles. The molecule has 5 heteroatoms. The van der Waals surface area contributed by atoms with Crippen molar-refractivity contribution in [2.75, 3.05) is 27.2 Å². The average molecular weight is 272 g/mol. The zero-order valence-electron chi connectivity index (χ0n) is 13.0. The highest BCUT2D eigenvalue weighted by atomic mass is 16.5. The van der Waals surface area contributed by atoms with Crippen molar-refractivity contribution in [1.82, 2.24) is 10.2 Å². The van der Waals surface area contributed by atoms with Gasteiger partial charge in [0.1, 0.15) is 5.54 Å². The summed E-state index contributed by atoms with van der Waals surface area (Å²) < 4.78 is 10.6. The second-order valence-electron chi connectivity index (χ2n) is 5.84. The van der Waals surface area contributed by atoms with Crippen LogP contribution in [0.4, 0.5) is 0 Å². The van der Waals surface area contributed by atoms with Crippen LogP contribution in [-0.4, -0.2) is 61.9 Å². The number of carbonyl (C=O) groups excluding carboxylic acids is 1. The average Bonchev–Trinajstić information content (AvgIpc) is 2.36. The smallest absolute Gasteiger partial charge is 0.325 e. The molecule has 1 heterocycles. The Morgan fingerprint density at radius 2 is 2.00 bits per heavy atom. The fraction of sp³-hybridized carbons (Fsp3) is 0.929. The highest BCUT2D eigenvalue weighted by Crippen LogP contribution is 2.21. The monoisotopic (exact) mass is 272 g/mol. The summed E-state index contributed by atoms with van der Waals surface area (Å²) in [5, 5.41) is 3.09. The van der Waals surface area contributed by atoms with E-state index >= 15 is 0 Å². The van der Waals surface area contributed by atoms with Crippen LogP contribution in [0.3, 0.4) is 0 Å². The summed E-state index contributed by atoms with van der Waals surface area (Å²) in [5.41, 5.74) is -0.640. The predicted molar refractivity (Wildman–Crippen MR) is 75.1 cm³/mol. The molecule has 0 aromatic carbocycles. The largest absolute Gasteiger partial charge is 0.468 e. The molecule has 0 saturated carbocycles. The van der Waals surface area contributed by atoms with Crippen molar-refractivity contribution in [1.29, 1.82) is 0 Å². The molecule has 0 spiro atoms. The highest BCUT2D eigenvalue weighted by Gasteiger charge is 2.37. The molecule has 1 rings (SSSR count). The predicted octanol–water partition coefficient (Wildman–Crippen LogP) is 1.03. The van der Waals surface area contributed by atoms with E-state index < -0.39 is 5.54 Å². The van der Waals surface area contributed by atoms with Gasteiger partial charge < -0.3 is 14.8 Å². The molecule has 1 fully saturated rings. The van der Waals surface area contributed by atoms with Gasteiger partial charge in [-0.3, -0.25) is 9.69 Å². The van der Waals surface area contributed by atoms with Crippen LogP contribution in [0.5, 0.6) is 0 Å². The summed E-state index contributed by atoms with van der Waals surface area (Å²) in [5.74, 6) is -0.212. The second-order valence-corrected chi connectivity index (χ2v) is 5.84. The number of ether oxygens (including phenoxy) is 2. The van der Waals surface area contributed by atoms with Gasteiger partial charge in [-0.2, -0.15) is 0 Å². The van der Waals surface area contributed by atoms with Crippen molar-refractivity contribution in [2.45, 2.75) is 57.9 Å². The first kappa shape index (κ1) is 16.4. The van der Waals surface area contributed by atoms with Crippen LogP contribution in [0.25, 0.3) is 0 Å². The lowest BCUT2D eigenvalue weighted by molar-refractivity contribution is -0.149. The van der Waals surface area contributed by atoms with Crippen molar-refractivity contribution in [3.8, 4) is 0 Å². The zero-order chi connectivity index (χ0) is 14.6. The standard InChI is InChI=1S/C14H28N2O3/c1-10(7-14(4,15-5)13(17)18-6)16-8-11(2)19-12(3)9-16/h10-12,15H,7-9H2,1-6H3. The maximum Gasteiger partial charge on any atom is 0.325 e. The molecule has 1 N–H and O–H groups in total. The van der Waals surface area contributed by atoms with Gasteiger partial charge in [0.2, 0.25) is 0 Å². The molecule has 112 valence electrons. The fourth-order valence-corrected chi connectivity index (χ4v) is 2.81. The van der Waals surface area contributed by atoms with E-state index in [1.165, 1.54) is 7.11 Å².